The van der Waals surface area contributed by atoms with E-state index in [1.54, 1.807) is 35.1 Å². The third-order valence-electron chi connectivity index (χ3n) is 3.47. The van der Waals surface area contributed by atoms with Gasteiger partial charge in [-0.1, -0.05) is 6.92 Å². The molecule has 118 valence electrons. The van der Waals surface area contributed by atoms with E-state index in [0.717, 1.165) is 6.42 Å². The first-order valence-corrected chi connectivity index (χ1v) is 7.17. The largest absolute Gasteiger partial charge is 0.464 e. The molecule has 0 aliphatic heterocycles. The van der Waals surface area contributed by atoms with Crippen LogP contribution >= 0.6 is 0 Å². The van der Waals surface area contributed by atoms with Gasteiger partial charge < -0.3 is 19.0 Å². The maximum absolute atomic E-state index is 12.2. The van der Waals surface area contributed by atoms with E-state index >= 15 is 0 Å². The summed E-state index contributed by atoms with van der Waals surface area (Å²) in [5, 5.41) is 2.88. The number of carbonyl (C=O) groups is 2. The Morgan fingerprint density at radius 3 is 2.73 bits per heavy atom. The number of nitrogens with zero attached hydrogens (tertiary/aromatic N) is 1. The first kappa shape index (κ1) is 15.9. The molecule has 0 radical (unpaired) electrons. The van der Waals surface area contributed by atoms with Crippen LogP contribution in [0.15, 0.2) is 34.9 Å². The Morgan fingerprint density at radius 2 is 2.14 bits per heavy atom. The van der Waals surface area contributed by atoms with Gasteiger partial charge in [0.15, 0.2) is 0 Å². The van der Waals surface area contributed by atoms with Crippen LogP contribution in [0, 0.1) is 0 Å². The van der Waals surface area contributed by atoms with Crippen molar-refractivity contribution < 1.29 is 18.7 Å². The summed E-state index contributed by atoms with van der Waals surface area (Å²) in [5.74, 6) is -0.0656. The van der Waals surface area contributed by atoms with E-state index < -0.39 is 5.97 Å². The molecule has 0 aliphatic rings. The number of esters is 1. The van der Waals surface area contributed by atoms with Gasteiger partial charge in [0.1, 0.15) is 18.0 Å². The third-order valence-corrected chi connectivity index (χ3v) is 3.47. The summed E-state index contributed by atoms with van der Waals surface area (Å²) in [4.78, 5) is 24.0. The van der Waals surface area contributed by atoms with Crippen LogP contribution in [0.2, 0.25) is 0 Å². The van der Waals surface area contributed by atoms with Crippen LogP contribution in [0.4, 0.5) is 0 Å². The summed E-state index contributed by atoms with van der Waals surface area (Å²) < 4.78 is 11.7. The van der Waals surface area contributed by atoms with Gasteiger partial charge >= 0.3 is 5.97 Å². The third kappa shape index (κ3) is 3.39. The van der Waals surface area contributed by atoms with E-state index in [-0.39, 0.29) is 18.5 Å². The SMILES string of the molecule is CCC(C)NC(=O)Cn1c(C(=O)OC)ccc1-c1ccco1. The van der Waals surface area contributed by atoms with Gasteiger partial charge in [-0.05, 0) is 37.6 Å². The van der Waals surface area contributed by atoms with Crippen molar-refractivity contribution in [3.63, 3.8) is 0 Å². The molecule has 0 saturated carbocycles. The highest BCUT2D eigenvalue weighted by atomic mass is 16.5. The van der Waals surface area contributed by atoms with Crippen LogP contribution in [0.3, 0.4) is 0 Å². The zero-order valence-corrected chi connectivity index (χ0v) is 13.0. The number of nitrogens with one attached hydrogen (secondary N) is 1. The number of methoxy groups -OCH3 is 1. The molecule has 2 rings (SSSR count). The predicted molar refractivity (Wildman–Crippen MR) is 81.4 cm³/mol. The van der Waals surface area contributed by atoms with Crippen molar-refractivity contribution in [1.29, 1.82) is 0 Å². The smallest absolute Gasteiger partial charge is 0.354 e. The average molecular weight is 304 g/mol. The fourth-order valence-electron chi connectivity index (χ4n) is 2.13. The maximum Gasteiger partial charge on any atom is 0.354 e. The lowest BCUT2D eigenvalue weighted by atomic mass is 10.2. The van der Waals surface area contributed by atoms with Gasteiger partial charge in [0.25, 0.3) is 0 Å². The quantitative estimate of drug-likeness (QED) is 0.832. The van der Waals surface area contributed by atoms with Crippen molar-refractivity contribution >= 4 is 11.9 Å². The number of amides is 1. The van der Waals surface area contributed by atoms with E-state index in [1.807, 2.05) is 13.8 Å². The lowest BCUT2D eigenvalue weighted by Gasteiger charge is -2.14. The van der Waals surface area contributed by atoms with E-state index in [2.05, 4.69) is 5.32 Å². The average Bonchev–Trinajstić information content (AvgIpc) is 3.15. The van der Waals surface area contributed by atoms with Crippen LogP contribution in [-0.2, 0) is 16.1 Å². The molecule has 0 spiro atoms. The molecule has 2 aromatic rings. The Labute approximate surface area is 129 Å². The number of rotatable bonds is 6. The van der Waals surface area contributed by atoms with Crippen molar-refractivity contribution in [1.82, 2.24) is 9.88 Å². The number of hydrogen-bond donors (Lipinski definition) is 1. The van der Waals surface area contributed by atoms with Crippen molar-refractivity contribution in [3.05, 3.63) is 36.2 Å². The van der Waals surface area contributed by atoms with Crippen LogP contribution in [-0.4, -0.2) is 29.6 Å². The van der Waals surface area contributed by atoms with Crippen LogP contribution < -0.4 is 5.32 Å². The molecule has 1 N–H and O–H groups in total. The normalized spacial score (nSPS) is 12.0. The Kier molecular flexibility index (Phi) is 5.04. The number of hydrogen-bond acceptors (Lipinski definition) is 4. The summed E-state index contributed by atoms with van der Waals surface area (Å²) in [7, 11) is 1.31. The van der Waals surface area contributed by atoms with Crippen molar-refractivity contribution in [2.75, 3.05) is 7.11 Å². The lowest BCUT2D eigenvalue weighted by Crippen LogP contribution is -2.35. The summed E-state index contributed by atoms with van der Waals surface area (Å²) in [6, 6.07) is 6.97. The van der Waals surface area contributed by atoms with Crippen LogP contribution in [0.5, 0.6) is 0 Å². The minimum atomic E-state index is -0.492. The van der Waals surface area contributed by atoms with Gasteiger partial charge in [-0.2, -0.15) is 0 Å². The second kappa shape index (κ2) is 6.98. The molecule has 0 fully saturated rings. The molecule has 0 aromatic carbocycles. The zero-order valence-electron chi connectivity index (χ0n) is 13.0. The highest BCUT2D eigenvalue weighted by Crippen LogP contribution is 2.23. The molecule has 1 amide bonds. The van der Waals surface area contributed by atoms with Gasteiger partial charge in [-0.15, -0.1) is 0 Å². The summed E-state index contributed by atoms with van der Waals surface area (Å²) in [6.07, 6.45) is 2.38. The zero-order chi connectivity index (χ0) is 16.1. The van der Waals surface area contributed by atoms with Gasteiger partial charge in [-0.3, -0.25) is 4.79 Å². The van der Waals surface area contributed by atoms with Gasteiger partial charge in [0.2, 0.25) is 5.91 Å². The van der Waals surface area contributed by atoms with Gasteiger partial charge in [0.05, 0.1) is 19.1 Å². The first-order valence-electron chi connectivity index (χ1n) is 7.17. The highest BCUT2D eigenvalue weighted by Gasteiger charge is 2.20. The Hall–Kier alpha value is -2.50. The number of aromatic nitrogens is 1. The van der Waals surface area contributed by atoms with E-state index in [0.29, 0.717) is 17.1 Å². The summed E-state index contributed by atoms with van der Waals surface area (Å²) in [6.45, 7) is 3.95. The molecule has 0 saturated heterocycles. The maximum atomic E-state index is 12.2. The minimum absolute atomic E-state index is 0.0256. The second-order valence-corrected chi connectivity index (χ2v) is 5.04. The van der Waals surface area contributed by atoms with Crippen LogP contribution in [0.1, 0.15) is 30.8 Å². The second-order valence-electron chi connectivity index (χ2n) is 5.04. The van der Waals surface area contributed by atoms with Crippen molar-refractivity contribution in [3.8, 4) is 11.5 Å². The molecule has 1 atom stereocenters. The van der Waals surface area contributed by atoms with Crippen molar-refractivity contribution in [2.24, 2.45) is 0 Å². The fraction of sp³-hybridized carbons (Fsp3) is 0.375. The number of ether oxygens (including phenoxy) is 1. The molecule has 0 aliphatic carbocycles. The minimum Gasteiger partial charge on any atom is -0.464 e. The predicted octanol–water partition coefficient (Wildman–Crippen LogP) is 2.45. The molecule has 6 heteroatoms. The van der Waals surface area contributed by atoms with Crippen LogP contribution in [0.25, 0.3) is 11.5 Å². The molecule has 6 nitrogen and oxygen atoms in total. The first-order chi connectivity index (χ1) is 10.6. The highest BCUT2D eigenvalue weighted by molar-refractivity contribution is 5.90. The molecule has 2 heterocycles. The standard InChI is InChI=1S/C16H20N2O4/c1-4-11(2)17-15(19)10-18-12(14-6-5-9-22-14)7-8-13(18)16(20)21-3/h5-9,11H,4,10H2,1-3H3,(H,17,19). The van der Waals surface area contributed by atoms with E-state index in [1.165, 1.54) is 7.11 Å². The molecular formula is C16H20N2O4. The lowest BCUT2D eigenvalue weighted by molar-refractivity contribution is -0.122. The number of carbonyl (C=O) groups excluding carboxylic acids is 2. The molecule has 1 unspecified atom stereocenters. The van der Waals surface area contributed by atoms with Gasteiger partial charge in [-0.25, -0.2) is 4.79 Å². The van der Waals surface area contributed by atoms with E-state index in [9.17, 15) is 9.59 Å². The molecule has 2 aromatic heterocycles. The molecule has 22 heavy (non-hydrogen) atoms. The Morgan fingerprint density at radius 1 is 1.36 bits per heavy atom. The molecule has 0 bridgehead atoms. The fourth-order valence-corrected chi connectivity index (χ4v) is 2.13. The van der Waals surface area contributed by atoms with E-state index in [4.69, 9.17) is 9.15 Å². The monoisotopic (exact) mass is 304 g/mol. The molecular weight excluding hydrogens is 284 g/mol. The Balaban J connectivity index is 2.32. The van der Waals surface area contributed by atoms with Crippen molar-refractivity contribution in [2.45, 2.75) is 32.9 Å². The number of furan rings is 1. The topological polar surface area (TPSA) is 73.5 Å². The Bertz CT molecular complexity index is 643. The summed E-state index contributed by atoms with van der Waals surface area (Å²) >= 11 is 0. The summed E-state index contributed by atoms with van der Waals surface area (Å²) in [5.41, 5.74) is 0.970. The van der Waals surface area contributed by atoms with Gasteiger partial charge in [0, 0.05) is 6.04 Å².